The zero-order valence-corrected chi connectivity index (χ0v) is 13.2. The van der Waals surface area contributed by atoms with Gasteiger partial charge in [0.1, 0.15) is 12.2 Å². The molecule has 0 atom stereocenters. The van der Waals surface area contributed by atoms with Gasteiger partial charge in [0.25, 0.3) is 0 Å². The summed E-state index contributed by atoms with van der Waals surface area (Å²) in [5, 5.41) is 0. The second-order valence-corrected chi connectivity index (χ2v) is 6.29. The van der Waals surface area contributed by atoms with Crippen molar-refractivity contribution in [2.24, 2.45) is 11.8 Å². The molecule has 0 bridgehead atoms. The molecule has 0 amide bonds. The van der Waals surface area contributed by atoms with E-state index in [4.69, 9.17) is 9.47 Å². The van der Waals surface area contributed by atoms with Gasteiger partial charge in [0, 0.05) is 0 Å². The topological polar surface area (TPSA) is 52.6 Å². The predicted molar refractivity (Wildman–Crippen MR) is 77.1 cm³/mol. The van der Waals surface area contributed by atoms with E-state index >= 15 is 0 Å². The van der Waals surface area contributed by atoms with Crippen LogP contribution in [0.2, 0.25) is 0 Å². The van der Waals surface area contributed by atoms with Crippen LogP contribution in [0.25, 0.3) is 0 Å². The molecule has 0 heterocycles. The third-order valence-electron chi connectivity index (χ3n) is 3.61. The summed E-state index contributed by atoms with van der Waals surface area (Å²) in [5.41, 5.74) is 0. The predicted octanol–water partition coefficient (Wildman–Crippen LogP) is 3.48. The zero-order chi connectivity index (χ0) is 15.1. The van der Waals surface area contributed by atoms with Gasteiger partial charge in [0.2, 0.25) is 0 Å². The van der Waals surface area contributed by atoms with E-state index in [9.17, 15) is 9.59 Å². The van der Waals surface area contributed by atoms with E-state index in [1.807, 2.05) is 27.7 Å². The van der Waals surface area contributed by atoms with E-state index in [1.54, 1.807) is 0 Å². The Kier molecular flexibility index (Phi) is 7.03. The maximum Gasteiger partial charge on any atom is 0.308 e. The van der Waals surface area contributed by atoms with Gasteiger partial charge in [-0.2, -0.15) is 0 Å². The van der Waals surface area contributed by atoms with Gasteiger partial charge in [-0.1, -0.05) is 27.7 Å². The number of rotatable bonds is 4. The Hall–Kier alpha value is -1.06. The first kappa shape index (κ1) is 17.0. The fourth-order valence-electron chi connectivity index (χ4n) is 1.58. The Bertz CT molecular complexity index is 282. The molecule has 116 valence electrons. The van der Waals surface area contributed by atoms with Gasteiger partial charge in [0.05, 0.1) is 11.8 Å². The van der Waals surface area contributed by atoms with Crippen molar-refractivity contribution in [2.75, 3.05) is 0 Å². The Morgan fingerprint density at radius 1 is 0.750 bits per heavy atom. The van der Waals surface area contributed by atoms with E-state index in [-0.39, 0.29) is 36.0 Å². The summed E-state index contributed by atoms with van der Waals surface area (Å²) in [6, 6.07) is 0. The second kappa shape index (κ2) is 8.28. The molecule has 0 aliphatic heterocycles. The number of esters is 2. The van der Waals surface area contributed by atoms with E-state index in [2.05, 4.69) is 0 Å². The van der Waals surface area contributed by atoms with Crippen molar-refractivity contribution in [1.82, 2.24) is 0 Å². The van der Waals surface area contributed by atoms with Crippen molar-refractivity contribution in [2.45, 2.75) is 78.4 Å². The first-order valence-corrected chi connectivity index (χ1v) is 7.81. The molecular weight excluding hydrogens is 256 g/mol. The largest absolute Gasteiger partial charge is 0.462 e. The monoisotopic (exact) mass is 284 g/mol. The van der Waals surface area contributed by atoms with Gasteiger partial charge in [-0.25, -0.2) is 0 Å². The van der Waals surface area contributed by atoms with Crippen molar-refractivity contribution in [3.05, 3.63) is 0 Å². The van der Waals surface area contributed by atoms with Gasteiger partial charge in [-0.3, -0.25) is 9.59 Å². The van der Waals surface area contributed by atoms with Crippen LogP contribution in [0.15, 0.2) is 0 Å². The highest BCUT2D eigenvalue weighted by molar-refractivity contribution is 5.72. The molecule has 2 aliphatic carbocycles. The number of ether oxygens (including phenoxy) is 2. The van der Waals surface area contributed by atoms with Crippen LogP contribution in [0.5, 0.6) is 0 Å². The highest BCUT2D eigenvalue weighted by Crippen LogP contribution is 2.23. The SMILES string of the molecule is CC(C)C(=O)OC1CCC1.CC(C)C(=O)OC1CCC1. The average Bonchev–Trinajstić information content (AvgIpc) is 2.28. The van der Waals surface area contributed by atoms with Crippen molar-refractivity contribution in [3.63, 3.8) is 0 Å². The molecule has 2 saturated carbocycles. The molecule has 4 nitrogen and oxygen atoms in total. The highest BCUT2D eigenvalue weighted by atomic mass is 16.5. The summed E-state index contributed by atoms with van der Waals surface area (Å²) in [7, 11) is 0. The Morgan fingerprint density at radius 2 is 1.05 bits per heavy atom. The normalized spacial score (nSPS) is 18.7. The molecular formula is C16H28O4. The molecule has 0 unspecified atom stereocenters. The van der Waals surface area contributed by atoms with Crippen LogP contribution in [-0.2, 0) is 19.1 Å². The van der Waals surface area contributed by atoms with Crippen molar-refractivity contribution in [3.8, 4) is 0 Å². The van der Waals surface area contributed by atoms with E-state index in [0.717, 1.165) is 25.7 Å². The maximum absolute atomic E-state index is 10.9. The third kappa shape index (κ3) is 5.93. The minimum atomic E-state index is -0.0512. The van der Waals surface area contributed by atoms with Crippen molar-refractivity contribution < 1.29 is 19.1 Å². The maximum atomic E-state index is 10.9. The molecule has 2 rings (SSSR count). The van der Waals surface area contributed by atoms with Crippen LogP contribution < -0.4 is 0 Å². The molecule has 20 heavy (non-hydrogen) atoms. The van der Waals surface area contributed by atoms with Crippen LogP contribution in [0.3, 0.4) is 0 Å². The summed E-state index contributed by atoms with van der Waals surface area (Å²) in [4.78, 5) is 21.8. The number of carbonyl (C=O) groups excluding carboxylic acids is 2. The Labute approximate surface area is 122 Å². The fourth-order valence-corrected chi connectivity index (χ4v) is 1.58. The van der Waals surface area contributed by atoms with Crippen molar-refractivity contribution in [1.29, 1.82) is 0 Å². The Morgan fingerprint density at radius 3 is 1.20 bits per heavy atom. The summed E-state index contributed by atoms with van der Waals surface area (Å²) in [6.45, 7) is 7.45. The van der Waals surface area contributed by atoms with E-state index < -0.39 is 0 Å². The standard InChI is InChI=1S/2C8H14O2/c2*1-6(2)8(9)10-7-4-3-5-7/h2*6-7H,3-5H2,1-2H3. The number of hydrogen-bond donors (Lipinski definition) is 0. The lowest BCUT2D eigenvalue weighted by atomic mass is 9.96. The molecule has 2 aliphatic rings. The fraction of sp³-hybridized carbons (Fsp3) is 0.875. The minimum Gasteiger partial charge on any atom is -0.462 e. The molecule has 0 aromatic rings. The molecule has 0 radical (unpaired) electrons. The van der Waals surface area contributed by atoms with E-state index in [1.165, 1.54) is 12.8 Å². The quantitative estimate of drug-likeness (QED) is 0.742. The van der Waals surface area contributed by atoms with Crippen LogP contribution >= 0.6 is 0 Å². The molecule has 0 aromatic carbocycles. The molecule has 2 fully saturated rings. The smallest absolute Gasteiger partial charge is 0.308 e. The van der Waals surface area contributed by atoms with Crippen LogP contribution in [0, 0.1) is 11.8 Å². The molecule has 0 saturated heterocycles. The summed E-state index contributed by atoms with van der Waals surface area (Å²) >= 11 is 0. The lowest BCUT2D eigenvalue weighted by molar-refractivity contribution is -0.157. The summed E-state index contributed by atoms with van der Waals surface area (Å²) < 4.78 is 10.2. The van der Waals surface area contributed by atoms with Gasteiger partial charge >= 0.3 is 11.9 Å². The first-order chi connectivity index (χ1) is 9.40. The first-order valence-electron chi connectivity index (χ1n) is 7.81. The number of carbonyl (C=O) groups is 2. The summed E-state index contributed by atoms with van der Waals surface area (Å²) in [6.07, 6.45) is 7.20. The van der Waals surface area contributed by atoms with Crippen molar-refractivity contribution >= 4 is 11.9 Å². The summed E-state index contributed by atoms with van der Waals surface area (Å²) in [5.74, 6) is -0.0457. The minimum absolute atomic E-state index is 0.0283. The molecule has 0 aromatic heterocycles. The Balaban J connectivity index is 0.000000200. The molecule has 0 N–H and O–H groups in total. The van der Waals surface area contributed by atoms with Gasteiger partial charge in [-0.05, 0) is 38.5 Å². The molecule has 4 heteroatoms. The average molecular weight is 284 g/mol. The lowest BCUT2D eigenvalue weighted by Crippen LogP contribution is -2.27. The third-order valence-corrected chi connectivity index (χ3v) is 3.61. The van der Waals surface area contributed by atoms with Gasteiger partial charge in [0.15, 0.2) is 0 Å². The highest BCUT2D eigenvalue weighted by Gasteiger charge is 2.23. The van der Waals surface area contributed by atoms with Crippen LogP contribution in [0.4, 0.5) is 0 Å². The lowest BCUT2D eigenvalue weighted by Gasteiger charge is -2.25. The van der Waals surface area contributed by atoms with Crippen LogP contribution in [0.1, 0.15) is 66.2 Å². The second-order valence-electron chi connectivity index (χ2n) is 6.29. The van der Waals surface area contributed by atoms with Gasteiger partial charge < -0.3 is 9.47 Å². The van der Waals surface area contributed by atoms with E-state index in [0.29, 0.717) is 0 Å². The molecule has 0 spiro atoms. The van der Waals surface area contributed by atoms with Crippen LogP contribution in [-0.4, -0.2) is 24.1 Å². The zero-order valence-electron chi connectivity index (χ0n) is 13.2. The number of hydrogen-bond acceptors (Lipinski definition) is 4. The van der Waals surface area contributed by atoms with Gasteiger partial charge in [-0.15, -0.1) is 0 Å².